The maximum absolute atomic E-state index is 12.7. The number of amides is 1. The van der Waals surface area contributed by atoms with Crippen LogP contribution in [0.25, 0.3) is 22.3 Å². The molecule has 9 heteroatoms. The van der Waals surface area contributed by atoms with Gasteiger partial charge in [-0.3, -0.25) is 10.1 Å². The van der Waals surface area contributed by atoms with Crippen LogP contribution in [0.5, 0.6) is 0 Å². The van der Waals surface area contributed by atoms with Gasteiger partial charge < -0.3 is 4.90 Å². The standard InChI is InChI=1S/C20H26N8O/c1-13(2)12-28-8-6-14(7-9-28)19(29)23-20-21-11-16-5-4-15(10-17(16)22-20)18-24-25-26-27(18)3/h4-5,10-11,13-14H,6-9,12H2,1-3H3,(H,21,22,23,29). The number of aryl methyl sites for hydroxylation is 1. The van der Waals surface area contributed by atoms with Crippen molar-refractivity contribution >= 4 is 22.8 Å². The molecule has 0 aliphatic carbocycles. The van der Waals surface area contributed by atoms with Crippen molar-refractivity contribution in [2.75, 3.05) is 25.0 Å². The molecule has 3 aromatic rings. The summed E-state index contributed by atoms with van der Waals surface area (Å²) in [6, 6.07) is 5.76. The van der Waals surface area contributed by atoms with Gasteiger partial charge in [0, 0.05) is 36.7 Å². The average Bonchev–Trinajstić information content (AvgIpc) is 3.13. The molecule has 9 nitrogen and oxygen atoms in total. The minimum absolute atomic E-state index is 0.00204. The van der Waals surface area contributed by atoms with E-state index in [2.05, 4.69) is 49.6 Å². The van der Waals surface area contributed by atoms with Gasteiger partial charge >= 0.3 is 0 Å². The van der Waals surface area contributed by atoms with Gasteiger partial charge in [-0.25, -0.2) is 14.6 Å². The highest BCUT2D eigenvalue weighted by Crippen LogP contribution is 2.23. The lowest BCUT2D eigenvalue weighted by Gasteiger charge is -2.32. The van der Waals surface area contributed by atoms with Crippen molar-refractivity contribution in [2.45, 2.75) is 26.7 Å². The molecular weight excluding hydrogens is 368 g/mol. The summed E-state index contributed by atoms with van der Waals surface area (Å²) in [4.78, 5) is 24.0. The summed E-state index contributed by atoms with van der Waals surface area (Å²) < 4.78 is 1.61. The largest absolute Gasteiger partial charge is 0.303 e. The van der Waals surface area contributed by atoms with Crippen LogP contribution in [0.4, 0.5) is 5.95 Å². The quantitative estimate of drug-likeness (QED) is 0.707. The van der Waals surface area contributed by atoms with Gasteiger partial charge in [0.1, 0.15) is 0 Å². The van der Waals surface area contributed by atoms with Crippen LogP contribution in [0.15, 0.2) is 24.4 Å². The molecule has 0 bridgehead atoms. The number of tetrazole rings is 1. The minimum Gasteiger partial charge on any atom is -0.303 e. The van der Waals surface area contributed by atoms with Gasteiger partial charge in [0.05, 0.1) is 5.52 Å². The van der Waals surface area contributed by atoms with Gasteiger partial charge in [0.15, 0.2) is 5.82 Å². The Kier molecular flexibility index (Phi) is 5.48. The predicted octanol–water partition coefficient (Wildman–Crippen LogP) is 2.13. The molecule has 0 unspecified atom stereocenters. The van der Waals surface area contributed by atoms with Crippen LogP contribution >= 0.6 is 0 Å². The van der Waals surface area contributed by atoms with Crippen LogP contribution < -0.4 is 5.32 Å². The molecule has 0 saturated carbocycles. The summed E-state index contributed by atoms with van der Waals surface area (Å²) >= 11 is 0. The maximum Gasteiger partial charge on any atom is 0.229 e. The van der Waals surface area contributed by atoms with Gasteiger partial charge in [-0.2, -0.15) is 0 Å². The van der Waals surface area contributed by atoms with Crippen molar-refractivity contribution in [3.63, 3.8) is 0 Å². The van der Waals surface area contributed by atoms with E-state index in [1.807, 2.05) is 18.2 Å². The van der Waals surface area contributed by atoms with Gasteiger partial charge in [0.25, 0.3) is 0 Å². The molecule has 152 valence electrons. The van der Waals surface area contributed by atoms with Gasteiger partial charge in [0.2, 0.25) is 11.9 Å². The van der Waals surface area contributed by atoms with Crippen molar-refractivity contribution in [3.05, 3.63) is 24.4 Å². The minimum atomic E-state index is 0.00204. The van der Waals surface area contributed by atoms with E-state index in [4.69, 9.17) is 0 Å². The zero-order chi connectivity index (χ0) is 20.4. The number of hydrogen-bond acceptors (Lipinski definition) is 7. The first-order chi connectivity index (χ1) is 14.0. The molecule has 1 fully saturated rings. The topological polar surface area (TPSA) is 102 Å². The molecule has 2 aromatic heterocycles. The average molecular weight is 394 g/mol. The fourth-order valence-electron chi connectivity index (χ4n) is 3.80. The highest BCUT2D eigenvalue weighted by Gasteiger charge is 2.25. The second-order valence-corrected chi connectivity index (χ2v) is 8.05. The third kappa shape index (κ3) is 4.40. The van der Waals surface area contributed by atoms with Crippen molar-refractivity contribution in [1.82, 2.24) is 35.1 Å². The SMILES string of the molecule is CC(C)CN1CCC(C(=O)Nc2ncc3ccc(-c4nnnn4C)cc3n2)CC1. The summed E-state index contributed by atoms with van der Waals surface area (Å²) in [5.74, 6) is 1.65. The van der Waals surface area contributed by atoms with Crippen LogP contribution in [0.3, 0.4) is 0 Å². The van der Waals surface area contributed by atoms with Crippen LogP contribution in [0.1, 0.15) is 26.7 Å². The van der Waals surface area contributed by atoms with Gasteiger partial charge in [-0.1, -0.05) is 26.0 Å². The van der Waals surface area contributed by atoms with E-state index in [1.54, 1.807) is 17.9 Å². The highest BCUT2D eigenvalue weighted by molar-refractivity contribution is 5.92. The molecule has 1 amide bonds. The molecule has 1 N–H and O–H groups in total. The smallest absolute Gasteiger partial charge is 0.229 e. The number of nitrogens with one attached hydrogen (secondary N) is 1. The molecule has 1 saturated heterocycles. The van der Waals surface area contributed by atoms with Crippen molar-refractivity contribution < 1.29 is 4.79 Å². The summed E-state index contributed by atoms with van der Waals surface area (Å²) in [7, 11) is 1.79. The molecule has 29 heavy (non-hydrogen) atoms. The molecule has 4 rings (SSSR count). The first kappa shape index (κ1) is 19.4. The van der Waals surface area contributed by atoms with Crippen LogP contribution in [0.2, 0.25) is 0 Å². The van der Waals surface area contributed by atoms with E-state index < -0.39 is 0 Å². The van der Waals surface area contributed by atoms with Crippen LogP contribution in [-0.2, 0) is 11.8 Å². The highest BCUT2D eigenvalue weighted by atomic mass is 16.2. The number of nitrogens with zero attached hydrogens (tertiary/aromatic N) is 7. The number of fused-ring (bicyclic) bond motifs is 1. The Morgan fingerprint density at radius 1 is 1.28 bits per heavy atom. The predicted molar refractivity (Wildman–Crippen MR) is 110 cm³/mol. The maximum atomic E-state index is 12.7. The molecule has 0 spiro atoms. The van der Waals surface area contributed by atoms with E-state index in [-0.39, 0.29) is 11.8 Å². The lowest BCUT2D eigenvalue weighted by molar-refractivity contribution is -0.121. The number of rotatable bonds is 5. The third-order valence-corrected chi connectivity index (χ3v) is 5.28. The second-order valence-electron chi connectivity index (χ2n) is 8.05. The summed E-state index contributed by atoms with van der Waals surface area (Å²) in [5, 5.41) is 15.4. The fourth-order valence-corrected chi connectivity index (χ4v) is 3.80. The Labute approximate surface area is 169 Å². The first-order valence-corrected chi connectivity index (χ1v) is 10.0. The lowest BCUT2D eigenvalue weighted by atomic mass is 9.95. The van der Waals surface area contributed by atoms with Gasteiger partial charge in [-0.05, 0) is 48.3 Å². The Morgan fingerprint density at radius 3 is 2.76 bits per heavy atom. The first-order valence-electron chi connectivity index (χ1n) is 10.0. The number of hydrogen-bond donors (Lipinski definition) is 1. The van der Waals surface area contributed by atoms with Gasteiger partial charge in [-0.15, -0.1) is 5.10 Å². The number of carbonyl (C=O) groups excluding carboxylic acids is 1. The Bertz CT molecular complexity index is 1010. The summed E-state index contributed by atoms with van der Waals surface area (Å²) in [5.41, 5.74) is 1.60. The normalized spacial score (nSPS) is 15.9. The van der Waals surface area contributed by atoms with E-state index in [9.17, 15) is 4.79 Å². The van der Waals surface area contributed by atoms with Crippen molar-refractivity contribution in [2.24, 2.45) is 18.9 Å². The number of likely N-dealkylation sites (tertiary alicyclic amines) is 1. The number of carbonyl (C=O) groups is 1. The van der Waals surface area contributed by atoms with E-state index in [0.717, 1.165) is 48.9 Å². The summed E-state index contributed by atoms with van der Waals surface area (Å²) in [6.07, 6.45) is 3.47. The Hall–Kier alpha value is -2.94. The zero-order valence-corrected chi connectivity index (χ0v) is 17.0. The Balaban J connectivity index is 1.45. The van der Waals surface area contributed by atoms with E-state index in [1.165, 1.54) is 0 Å². The van der Waals surface area contributed by atoms with Crippen molar-refractivity contribution in [1.29, 1.82) is 0 Å². The number of benzene rings is 1. The molecule has 1 aromatic carbocycles. The summed E-state index contributed by atoms with van der Waals surface area (Å²) in [6.45, 7) is 7.46. The van der Waals surface area contributed by atoms with E-state index >= 15 is 0 Å². The number of piperidine rings is 1. The van der Waals surface area contributed by atoms with Crippen LogP contribution in [-0.4, -0.2) is 60.6 Å². The van der Waals surface area contributed by atoms with Crippen molar-refractivity contribution in [3.8, 4) is 11.4 Å². The fraction of sp³-hybridized carbons (Fsp3) is 0.500. The van der Waals surface area contributed by atoms with E-state index in [0.29, 0.717) is 17.7 Å². The third-order valence-electron chi connectivity index (χ3n) is 5.28. The lowest BCUT2D eigenvalue weighted by Crippen LogP contribution is -2.39. The second kappa shape index (κ2) is 8.20. The molecular formula is C20H26N8O. The number of aromatic nitrogens is 6. The number of anilines is 1. The van der Waals surface area contributed by atoms with Crippen LogP contribution in [0, 0.1) is 11.8 Å². The molecule has 0 atom stereocenters. The molecule has 0 radical (unpaired) electrons. The molecule has 1 aliphatic heterocycles. The molecule has 3 heterocycles. The monoisotopic (exact) mass is 394 g/mol. The molecule has 1 aliphatic rings. The Morgan fingerprint density at radius 2 is 2.07 bits per heavy atom. The zero-order valence-electron chi connectivity index (χ0n) is 17.0.